The number of esters is 1. The minimum absolute atomic E-state index is 0.00773. The molecule has 0 fully saturated rings. The first-order chi connectivity index (χ1) is 8.88. The Morgan fingerprint density at radius 2 is 2.26 bits per heavy atom. The van der Waals surface area contributed by atoms with Crippen LogP contribution in [0.1, 0.15) is 31.1 Å². The Bertz CT molecular complexity index is 505. The lowest BCUT2D eigenvalue weighted by atomic mass is 10.2. The van der Waals surface area contributed by atoms with Gasteiger partial charge in [0, 0.05) is 12.2 Å². The summed E-state index contributed by atoms with van der Waals surface area (Å²) < 4.78 is 4.84. The molecule has 0 aliphatic carbocycles. The molecule has 8 heteroatoms. The Morgan fingerprint density at radius 1 is 1.63 bits per heavy atom. The van der Waals surface area contributed by atoms with Crippen molar-refractivity contribution in [3.8, 4) is 0 Å². The van der Waals surface area contributed by atoms with Gasteiger partial charge in [-0.2, -0.15) is 0 Å². The summed E-state index contributed by atoms with van der Waals surface area (Å²) in [6.07, 6.45) is 1.16. The first-order valence-electron chi connectivity index (χ1n) is 5.65. The number of nitrogens with zero attached hydrogens (tertiary/aromatic N) is 2. The molecule has 104 valence electrons. The molecule has 0 saturated carbocycles. The van der Waals surface area contributed by atoms with Gasteiger partial charge in [-0.25, -0.2) is 9.78 Å². The van der Waals surface area contributed by atoms with E-state index in [1.165, 1.54) is 0 Å². The van der Waals surface area contributed by atoms with Crippen LogP contribution in [-0.2, 0) is 4.74 Å². The average Bonchev–Trinajstić information content (AvgIpc) is 2.27. The molecule has 0 atom stereocenters. The van der Waals surface area contributed by atoms with E-state index in [9.17, 15) is 14.9 Å². The highest BCUT2D eigenvalue weighted by Gasteiger charge is 2.27. The van der Waals surface area contributed by atoms with Crippen LogP contribution in [0.25, 0.3) is 0 Å². The molecule has 0 radical (unpaired) electrons. The molecule has 0 unspecified atom stereocenters. The van der Waals surface area contributed by atoms with Crippen molar-refractivity contribution in [1.29, 1.82) is 0 Å². The van der Waals surface area contributed by atoms with E-state index in [1.807, 2.05) is 0 Å². The number of carbonyl (C=O) groups excluding carboxylic acids is 1. The lowest BCUT2D eigenvalue weighted by Gasteiger charge is -2.14. The van der Waals surface area contributed by atoms with Crippen LogP contribution in [-0.4, -0.2) is 28.5 Å². The van der Waals surface area contributed by atoms with Gasteiger partial charge in [0.05, 0.1) is 11.5 Å². The zero-order chi connectivity index (χ0) is 14.6. The number of aromatic nitrogens is 1. The summed E-state index contributed by atoms with van der Waals surface area (Å²) in [6.45, 7) is 5.38. The molecule has 0 aliphatic rings. The van der Waals surface area contributed by atoms with Crippen molar-refractivity contribution >= 4 is 28.9 Å². The van der Waals surface area contributed by atoms with Crippen LogP contribution in [0, 0.1) is 10.1 Å². The lowest BCUT2D eigenvalue weighted by molar-refractivity contribution is -0.384. The van der Waals surface area contributed by atoms with E-state index < -0.39 is 16.6 Å². The van der Waals surface area contributed by atoms with Crippen molar-refractivity contribution in [3.63, 3.8) is 0 Å². The molecule has 1 aromatic rings. The number of hydrogen-bond acceptors (Lipinski definition) is 6. The van der Waals surface area contributed by atoms with Gasteiger partial charge < -0.3 is 10.1 Å². The van der Waals surface area contributed by atoms with Gasteiger partial charge in [0.2, 0.25) is 5.15 Å². The third kappa shape index (κ3) is 3.54. The van der Waals surface area contributed by atoms with Crippen LogP contribution in [0.5, 0.6) is 0 Å². The van der Waals surface area contributed by atoms with E-state index in [2.05, 4.69) is 10.3 Å². The summed E-state index contributed by atoms with van der Waals surface area (Å²) in [6, 6.07) is -0.120. The third-order valence-electron chi connectivity index (χ3n) is 2.12. The molecule has 7 nitrogen and oxygen atoms in total. The fraction of sp³-hybridized carbons (Fsp3) is 0.455. The molecule has 1 rings (SSSR count). The first-order valence-corrected chi connectivity index (χ1v) is 6.02. The van der Waals surface area contributed by atoms with Crippen molar-refractivity contribution in [2.75, 3.05) is 11.9 Å². The minimum Gasteiger partial charge on any atom is -0.462 e. The summed E-state index contributed by atoms with van der Waals surface area (Å²) in [5.41, 5.74) is -0.411. The maximum Gasteiger partial charge on any atom is 0.342 e. The largest absolute Gasteiger partial charge is 0.462 e. The highest BCUT2D eigenvalue weighted by Crippen LogP contribution is 2.34. The summed E-state index contributed by atoms with van der Waals surface area (Å²) in [7, 11) is 0. The summed E-state index contributed by atoms with van der Waals surface area (Å²) in [4.78, 5) is 25.8. The van der Waals surface area contributed by atoms with Crippen molar-refractivity contribution < 1.29 is 14.5 Å². The van der Waals surface area contributed by atoms with E-state index in [1.54, 1.807) is 20.8 Å². The van der Waals surface area contributed by atoms with Crippen LogP contribution < -0.4 is 5.32 Å². The molecule has 0 spiro atoms. The van der Waals surface area contributed by atoms with E-state index in [0.29, 0.717) is 0 Å². The lowest BCUT2D eigenvalue weighted by Crippen LogP contribution is -2.17. The van der Waals surface area contributed by atoms with Gasteiger partial charge >= 0.3 is 11.7 Å². The van der Waals surface area contributed by atoms with E-state index >= 15 is 0 Å². The quantitative estimate of drug-likeness (QED) is 0.387. The minimum atomic E-state index is -0.682. The number of rotatable bonds is 5. The van der Waals surface area contributed by atoms with Crippen LogP contribution in [0.4, 0.5) is 11.4 Å². The zero-order valence-corrected chi connectivity index (χ0v) is 11.5. The van der Waals surface area contributed by atoms with E-state index in [-0.39, 0.29) is 29.1 Å². The van der Waals surface area contributed by atoms with Gasteiger partial charge in [-0.1, -0.05) is 11.6 Å². The molecule has 1 heterocycles. The number of nitrogens with one attached hydrogen (secondary N) is 1. The van der Waals surface area contributed by atoms with Crippen LogP contribution in [0.15, 0.2) is 6.20 Å². The number of halogens is 1. The third-order valence-corrected chi connectivity index (χ3v) is 2.40. The molecule has 0 saturated heterocycles. The van der Waals surface area contributed by atoms with Crippen LogP contribution >= 0.6 is 11.6 Å². The highest BCUT2D eigenvalue weighted by molar-refractivity contribution is 6.32. The number of nitro groups is 1. The summed E-state index contributed by atoms with van der Waals surface area (Å²) in [5.74, 6) is -0.682. The number of ether oxygens (including phenoxy) is 1. The summed E-state index contributed by atoms with van der Waals surface area (Å²) in [5, 5.41) is 13.6. The Balaban J connectivity index is 3.42. The normalized spacial score (nSPS) is 10.4. The van der Waals surface area contributed by atoms with Crippen LogP contribution in [0.3, 0.4) is 0 Å². The van der Waals surface area contributed by atoms with Gasteiger partial charge in [0.1, 0.15) is 11.3 Å². The molecule has 0 aliphatic heterocycles. The standard InChI is InChI=1S/C11H14ClN3O4/c1-4-19-11(16)7-5-13-10(12)9(15(17)18)8(7)14-6(2)3/h5-6H,4H2,1-3H3,(H,13,14). The Morgan fingerprint density at radius 3 is 2.74 bits per heavy atom. The second kappa shape index (κ2) is 6.33. The SMILES string of the molecule is CCOC(=O)c1cnc(Cl)c([N+](=O)[O-])c1NC(C)C. The summed E-state index contributed by atoms with van der Waals surface area (Å²) >= 11 is 5.72. The average molecular weight is 288 g/mol. The monoisotopic (exact) mass is 287 g/mol. The Kier molecular flexibility index (Phi) is 5.05. The number of pyridine rings is 1. The molecule has 0 bridgehead atoms. The van der Waals surface area contributed by atoms with Crippen molar-refractivity contribution in [2.24, 2.45) is 0 Å². The maximum absolute atomic E-state index is 11.8. The maximum atomic E-state index is 11.8. The second-order valence-electron chi connectivity index (χ2n) is 3.96. The predicted molar refractivity (Wildman–Crippen MR) is 70.6 cm³/mol. The Labute approximate surface area is 115 Å². The number of anilines is 1. The molecular formula is C11H14ClN3O4. The molecule has 1 aromatic heterocycles. The van der Waals surface area contributed by atoms with E-state index in [4.69, 9.17) is 16.3 Å². The molecule has 0 aromatic carbocycles. The van der Waals surface area contributed by atoms with Crippen LogP contribution in [0.2, 0.25) is 5.15 Å². The van der Waals surface area contributed by atoms with Gasteiger partial charge in [-0.05, 0) is 20.8 Å². The first kappa shape index (κ1) is 15.2. The van der Waals surface area contributed by atoms with E-state index in [0.717, 1.165) is 6.20 Å². The smallest absolute Gasteiger partial charge is 0.342 e. The second-order valence-corrected chi connectivity index (χ2v) is 4.32. The highest BCUT2D eigenvalue weighted by atomic mass is 35.5. The predicted octanol–water partition coefficient (Wildman–Crippen LogP) is 2.64. The van der Waals surface area contributed by atoms with Crippen molar-refractivity contribution in [2.45, 2.75) is 26.8 Å². The van der Waals surface area contributed by atoms with Crippen molar-refractivity contribution in [3.05, 3.63) is 27.0 Å². The fourth-order valence-electron chi connectivity index (χ4n) is 1.44. The molecule has 1 N–H and O–H groups in total. The van der Waals surface area contributed by atoms with Gasteiger partial charge in [-0.3, -0.25) is 10.1 Å². The van der Waals surface area contributed by atoms with Gasteiger partial charge in [0.15, 0.2) is 0 Å². The van der Waals surface area contributed by atoms with Gasteiger partial charge in [-0.15, -0.1) is 0 Å². The molecule has 0 amide bonds. The fourth-order valence-corrected chi connectivity index (χ4v) is 1.65. The number of carbonyl (C=O) groups is 1. The Hall–Kier alpha value is -1.89. The zero-order valence-electron chi connectivity index (χ0n) is 10.8. The van der Waals surface area contributed by atoms with Crippen molar-refractivity contribution in [1.82, 2.24) is 4.98 Å². The topological polar surface area (TPSA) is 94.4 Å². The van der Waals surface area contributed by atoms with Gasteiger partial charge in [0.25, 0.3) is 0 Å². The molecule has 19 heavy (non-hydrogen) atoms. The number of hydrogen-bond donors (Lipinski definition) is 1. The molecular weight excluding hydrogens is 274 g/mol.